The van der Waals surface area contributed by atoms with E-state index in [1.165, 1.54) is 13.8 Å². The van der Waals surface area contributed by atoms with Gasteiger partial charge in [0.2, 0.25) is 0 Å². The van der Waals surface area contributed by atoms with Gasteiger partial charge in [0.1, 0.15) is 16.0 Å². The lowest BCUT2D eigenvalue weighted by molar-refractivity contribution is -0.145. The van der Waals surface area contributed by atoms with Gasteiger partial charge in [-0.2, -0.15) is 13.2 Å². The molecular weight excluding hydrogens is 313 g/mol. The second-order valence-corrected chi connectivity index (χ2v) is 6.97. The third-order valence-corrected chi connectivity index (χ3v) is 4.56. The Morgan fingerprint density at radius 2 is 1.77 bits per heavy atom. The van der Waals surface area contributed by atoms with Crippen LogP contribution < -0.4 is 4.72 Å². The maximum atomic E-state index is 12.6. The second kappa shape index (κ2) is 5.96. The third kappa shape index (κ3) is 4.04. The molecule has 3 nitrogen and oxygen atoms in total. The maximum Gasteiger partial charge on any atom is 0.390 e. The van der Waals surface area contributed by atoms with E-state index in [1.54, 1.807) is 18.3 Å². The molecule has 0 aliphatic heterocycles. The van der Waals surface area contributed by atoms with Crippen LogP contribution in [0.2, 0.25) is 0 Å². The molecule has 1 heterocycles. The standard InChI is InChI=1S/C15H17F3N2OS/c1-10-8-19-13(12-7-5-4-6-11(10)12)22(21)20-14(2,3)9-15(16,17)18/h4-8,20H,9H2,1-3H3. The molecule has 0 aliphatic rings. The monoisotopic (exact) mass is 330 g/mol. The zero-order chi connectivity index (χ0) is 16.5. The van der Waals surface area contributed by atoms with E-state index in [-0.39, 0.29) is 5.03 Å². The molecule has 0 radical (unpaired) electrons. The van der Waals surface area contributed by atoms with Crippen LogP contribution in [0.25, 0.3) is 10.8 Å². The summed E-state index contributed by atoms with van der Waals surface area (Å²) in [6, 6.07) is 7.27. The highest BCUT2D eigenvalue weighted by molar-refractivity contribution is 7.83. The van der Waals surface area contributed by atoms with Gasteiger partial charge in [0, 0.05) is 17.1 Å². The normalized spacial score (nSPS) is 14.3. The molecule has 1 N–H and O–H groups in total. The highest BCUT2D eigenvalue weighted by atomic mass is 32.2. The van der Waals surface area contributed by atoms with Crippen molar-refractivity contribution in [2.24, 2.45) is 0 Å². The van der Waals surface area contributed by atoms with Crippen molar-refractivity contribution in [2.45, 2.75) is 43.9 Å². The number of rotatable bonds is 4. The van der Waals surface area contributed by atoms with Crippen molar-refractivity contribution in [3.05, 3.63) is 36.0 Å². The van der Waals surface area contributed by atoms with E-state index in [0.717, 1.165) is 10.9 Å². The Bertz CT molecular complexity index is 713. The molecule has 0 bridgehead atoms. The van der Waals surface area contributed by atoms with Crippen LogP contribution in [0.1, 0.15) is 25.8 Å². The van der Waals surface area contributed by atoms with Gasteiger partial charge >= 0.3 is 6.18 Å². The van der Waals surface area contributed by atoms with Gasteiger partial charge in [0.05, 0.1) is 6.42 Å². The van der Waals surface area contributed by atoms with Gasteiger partial charge in [-0.05, 0) is 31.7 Å². The first kappa shape index (κ1) is 16.9. The number of fused-ring (bicyclic) bond motifs is 1. The lowest BCUT2D eigenvalue weighted by atomic mass is 10.0. The van der Waals surface area contributed by atoms with Crippen molar-refractivity contribution in [1.82, 2.24) is 9.71 Å². The van der Waals surface area contributed by atoms with E-state index in [4.69, 9.17) is 0 Å². The average molecular weight is 330 g/mol. The first-order chi connectivity index (χ1) is 10.1. The Kier molecular flexibility index (Phi) is 4.58. The zero-order valence-corrected chi connectivity index (χ0v) is 13.3. The van der Waals surface area contributed by atoms with Crippen LogP contribution in [0.5, 0.6) is 0 Å². The quantitative estimate of drug-likeness (QED) is 0.924. The van der Waals surface area contributed by atoms with E-state index in [2.05, 4.69) is 9.71 Å². The van der Waals surface area contributed by atoms with Gasteiger partial charge in [0.25, 0.3) is 0 Å². The molecule has 0 saturated carbocycles. The van der Waals surface area contributed by atoms with Crippen LogP contribution >= 0.6 is 0 Å². The van der Waals surface area contributed by atoms with Crippen molar-refractivity contribution in [2.75, 3.05) is 0 Å². The van der Waals surface area contributed by atoms with Gasteiger partial charge in [-0.1, -0.05) is 24.3 Å². The summed E-state index contributed by atoms with van der Waals surface area (Å²) in [5, 5.41) is 1.81. The van der Waals surface area contributed by atoms with Gasteiger partial charge in [-0.15, -0.1) is 0 Å². The minimum atomic E-state index is -4.33. The zero-order valence-electron chi connectivity index (χ0n) is 12.5. The topological polar surface area (TPSA) is 42.0 Å². The summed E-state index contributed by atoms with van der Waals surface area (Å²) < 4.78 is 52.6. The smallest absolute Gasteiger partial charge is 0.245 e. The molecule has 0 spiro atoms. The van der Waals surface area contributed by atoms with E-state index in [0.29, 0.717) is 5.39 Å². The molecular formula is C15H17F3N2OS. The number of nitrogens with zero attached hydrogens (tertiary/aromatic N) is 1. The highest BCUT2D eigenvalue weighted by Crippen LogP contribution is 2.28. The molecule has 120 valence electrons. The maximum absolute atomic E-state index is 12.6. The summed E-state index contributed by atoms with van der Waals surface area (Å²) in [5.74, 6) is 0. The van der Waals surface area contributed by atoms with E-state index < -0.39 is 29.1 Å². The number of nitrogens with one attached hydrogen (secondary N) is 1. The van der Waals surface area contributed by atoms with Crippen molar-refractivity contribution >= 4 is 21.8 Å². The van der Waals surface area contributed by atoms with Crippen molar-refractivity contribution in [1.29, 1.82) is 0 Å². The summed E-state index contributed by atoms with van der Waals surface area (Å²) >= 11 is 0. The van der Waals surface area contributed by atoms with Crippen molar-refractivity contribution in [3.8, 4) is 0 Å². The van der Waals surface area contributed by atoms with Crippen LogP contribution in [-0.2, 0) is 11.0 Å². The molecule has 0 saturated heterocycles. The number of aromatic nitrogens is 1. The Balaban J connectivity index is 2.33. The molecule has 1 unspecified atom stereocenters. The van der Waals surface area contributed by atoms with Crippen molar-refractivity contribution in [3.63, 3.8) is 0 Å². The molecule has 0 amide bonds. The molecule has 0 aliphatic carbocycles. The van der Waals surface area contributed by atoms with Gasteiger partial charge in [-0.25, -0.2) is 13.9 Å². The Labute approximate surface area is 129 Å². The lowest BCUT2D eigenvalue weighted by Gasteiger charge is -2.26. The Morgan fingerprint density at radius 1 is 1.18 bits per heavy atom. The van der Waals surface area contributed by atoms with E-state index in [1.807, 2.05) is 19.1 Å². The molecule has 1 atom stereocenters. The number of pyridine rings is 1. The minimum absolute atomic E-state index is 0.247. The van der Waals surface area contributed by atoms with Gasteiger partial charge in [-0.3, -0.25) is 0 Å². The molecule has 1 aromatic carbocycles. The SMILES string of the molecule is Cc1cnc(S(=O)NC(C)(C)CC(F)(F)F)c2ccccc12. The molecule has 1 aromatic heterocycles. The summed E-state index contributed by atoms with van der Waals surface area (Å²) in [4.78, 5) is 4.14. The predicted molar refractivity (Wildman–Crippen MR) is 80.8 cm³/mol. The Morgan fingerprint density at radius 3 is 2.36 bits per heavy atom. The molecule has 22 heavy (non-hydrogen) atoms. The number of hydrogen-bond acceptors (Lipinski definition) is 2. The van der Waals surface area contributed by atoms with Crippen LogP contribution in [-0.4, -0.2) is 20.9 Å². The second-order valence-electron chi connectivity index (χ2n) is 5.84. The fraction of sp³-hybridized carbons (Fsp3) is 0.400. The number of alkyl halides is 3. The highest BCUT2D eigenvalue weighted by Gasteiger charge is 2.37. The summed E-state index contributed by atoms with van der Waals surface area (Å²) in [6.45, 7) is 4.62. The number of halogens is 3. The molecule has 2 rings (SSSR count). The number of aryl methyl sites for hydroxylation is 1. The first-order valence-electron chi connectivity index (χ1n) is 6.70. The largest absolute Gasteiger partial charge is 0.390 e. The molecule has 0 fully saturated rings. The fourth-order valence-corrected chi connectivity index (χ4v) is 3.49. The Hall–Kier alpha value is -1.47. The van der Waals surface area contributed by atoms with Gasteiger partial charge < -0.3 is 0 Å². The summed E-state index contributed by atoms with van der Waals surface area (Å²) in [6.07, 6.45) is -3.83. The number of benzene rings is 1. The van der Waals surface area contributed by atoms with Crippen molar-refractivity contribution < 1.29 is 17.4 Å². The third-order valence-electron chi connectivity index (χ3n) is 3.14. The predicted octanol–water partition coefficient (Wildman–Crippen LogP) is 3.89. The summed E-state index contributed by atoms with van der Waals surface area (Å²) in [5.41, 5.74) is -0.428. The van der Waals surface area contributed by atoms with Crippen LogP contribution in [0.3, 0.4) is 0 Å². The van der Waals surface area contributed by atoms with Crippen LogP contribution in [0, 0.1) is 6.92 Å². The van der Waals surface area contributed by atoms with Gasteiger partial charge in [0.15, 0.2) is 0 Å². The fourth-order valence-electron chi connectivity index (χ4n) is 2.29. The van der Waals surface area contributed by atoms with E-state index in [9.17, 15) is 17.4 Å². The average Bonchev–Trinajstić information content (AvgIpc) is 2.35. The number of hydrogen-bond donors (Lipinski definition) is 1. The van der Waals surface area contributed by atoms with E-state index >= 15 is 0 Å². The summed E-state index contributed by atoms with van der Waals surface area (Å²) in [7, 11) is -1.83. The van der Waals surface area contributed by atoms with Crippen LogP contribution in [0.15, 0.2) is 35.5 Å². The molecule has 2 aromatic rings. The lowest BCUT2D eigenvalue weighted by Crippen LogP contribution is -2.44. The molecule has 7 heteroatoms. The first-order valence-corrected chi connectivity index (χ1v) is 7.85. The minimum Gasteiger partial charge on any atom is -0.245 e. The van der Waals surface area contributed by atoms with Crippen LogP contribution in [0.4, 0.5) is 13.2 Å².